The Morgan fingerprint density at radius 1 is 1.27 bits per heavy atom. The van der Waals surface area contributed by atoms with E-state index in [1.165, 1.54) is 7.05 Å². The Balaban J connectivity index is 2.29. The molecule has 1 heterocycles. The minimum Gasteiger partial charge on any atom is -0.431 e. The van der Waals surface area contributed by atoms with Gasteiger partial charge in [0.05, 0.1) is 0 Å². The molecule has 0 aliphatic carbocycles. The van der Waals surface area contributed by atoms with Crippen molar-refractivity contribution in [3.8, 4) is 0 Å². The Kier molecular flexibility index (Phi) is 2.36. The van der Waals surface area contributed by atoms with Gasteiger partial charge in [0.15, 0.2) is 0 Å². The Morgan fingerprint density at radius 3 is 2.33 bits per heavy atom. The maximum Gasteiger partial charge on any atom is 0.417 e. The van der Waals surface area contributed by atoms with Gasteiger partial charge in [-0.15, -0.1) is 0 Å². The summed E-state index contributed by atoms with van der Waals surface area (Å²) in [6.45, 7) is 0. The first-order valence-electron chi connectivity index (χ1n) is 4.33. The van der Waals surface area contributed by atoms with E-state index in [2.05, 4.69) is 0 Å². The predicted molar refractivity (Wildman–Crippen MR) is 53.4 cm³/mol. The molecule has 2 rings (SSSR count). The molecule has 0 radical (unpaired) electrons. The van der Waals surface area contributed by atoms with Gasteiger partial charge in [-0.05, 0) is 12.1 Å². The summed E-state index contributed by atoms with van der Waals surface area (Å²) in [4.78, 5) is 23.6. The second-order valence-corrected chi connectivity index (χ2v) is 3.65. The molecule has 4 nitrogen and oxygen atoms in total. The Hall–Kier alpha value is -1.55. The van der Waals surface area contributed by atoms with E-state index in [1.54, 1.807) is 24.3 Å². The van der Waals surface area contributed by atoms with Crippen LogP contribution in [0, 0.1) is 0 Å². The lowest BCUT2D eigenvalue weighted by atomic mass is 10.1. The van der Waals surface area contributed by atoms with Crippen LogP contribution in [0.15, 0.2) is 24.3 Å². The van der Waals surface area contributed by atoms with Gasteiger partial charge in [-0.2, -0.15) is 0 Å². The molecule has 2 amide bonds. The van der Waals surface area contributed by atoms with E-state index < -0.39 is 12.2 Å². The molecule has 5 heteroatoms. The van der Waals surface area contributed by atoms with Crippen LogP contribution >= 0.6 is 11.6 Å². The topological polar surface area (TPSA) is 46.6 Å². The summed E-state index contributed by atoms with van der Waals surface area (Å²) in [5.74, 6) is -0.359. The number of hydrogen-bond donors (Lipinski definition) is 0. The van der Waals surface area contributed by atoms with Crippen LogP contribution in [0.2, 0.25) is 5.02 Å². The number of amides is 2. The number of halogens is 1. The summed E-state index contributed by atoms with van der Waals surface area (Å²) >= 11 is 5.71. The van der Waals surface area contributed by atoms with Crippen LogP contribution in [0.5, 0.6) is 0 Å². The third-order valence-corrected chi connectivity index (χ3v) is 2.47. The standard InChI is InChI=1S/C10H8ClNO3/c1-12-9(13)8(15-10(12)14)6-2-4-7(11)5-3-6/h2-5,8H,1H3/t8-/m1/s1. The number of benzene rings is 1. The van der Waals surface area contributed by atoms with Crippen molar-refractivity contribution in [2.24, 2.45) is 0 Å². The van der Waals surface area contributed by atoms with E-state index in [9.17, 15) is 9.59 Å². The quantitative estimate of drug-likeness (QED) is 0.734. The van der Waals surface area contributed by atoms with Gasteiger partial charge in [0.2, 0.25) is 6.10 Å². The number of nitrogens with zero attached hydrogens (tertiary/aromatic N) is 1. The third-order valence-electron chi connectivity index (χ3n) is 2.22. The molecule has 1 aromatic rings. The Labute approximate surface area is 91.4 Å². The maximum absolute atomic E-state index is 11.5. The summed E-state index contributed by atoms with van der Waals surface area (Å²) < 4.78 is 4.91. The molecule has 1 aromatic carbocycles. The molecule has 0 bridgehead atoms. The number of imide groups is 1. The van der Waals surface area contributed by atoms with Crippen molar-refractivity contribution in [3.63, 3.8) is 0 Å². The summed E-state index contributed by atoms with van der Waals surface area (Å²) in [5, 5.41) is 0.573. The first kappa shape index (κ1) is 9.98. The zero-order valence-electron chi connectivity index (χ0n) is 7.94. The molecule has 0 spiro atoms. The summed E-state index contributed by atoms with van der Waals surface area (Å²) in [7, 11) is 1.39. The SMILES string of the molecule is CN1C(=O)O[C@H](c2ccc(Cl)cc2)C1=O. The van der Waals surface area contributed by atoms with E-state index in [4.69, 9.17) is 16.3 Å². The molecule has 1 aliphatic heterocycles. The van der Waals surface area contributed by atoms with Crippen molar-refractivity contribution in [3.05, 3.63) is 34.9 Å². The minimum absolute atomic E-state index is 0.359. The van der Waals surface area contributed by atoms with E-state index in [-0.39, 0.29) is 5.91 Å². The lowest BCUT2D eigenvalue weighted by Gasteiger charge is -2.06. The molecule has 1 aliphatic rings. The highest BCUT2D eigenvalue weighted by Gasteiger charge is 2.38. The fourth-order valence-electron chi connectivity index (χ4n) is 1.34. The van der Waals surface area contributed by atoms with Crippen LogP contribution in [0.1, 0.15) is 11.7 Å². The number of ether oxygens (including phenoxy) is 1. The minimum atomic E-state index is -0.834. The third kappa shape index (κ3) is 1.68. The molecule has 1 fully saturated rings. The number of cyclic esters (lactones) is 1. The number of rotatable bonds is 1. The van der Waals surface area contributed by atoms with Gasteiger partial charge in [0.25, 0.3) is 5.91 Å². The second kappa shape index (κ2) is 3.55. The maximum atomic E-state index is 11.5. The summed E-state index contributed by atoms with van der Waals surface area (Å²) in [5.41, 5.74) is 0.627. The van der Waals surface area contributed by atoms with Crippen molar-refractivity contribution in [1.82, 2.24) is 4.90 Å². The van der Waals surface area contributed by atoms with Crippen LogP contribution in [0.3, 0.4) is 0 Å². The highest BCUT2D eigenvalue weighted by atomic mass is 35.5. The van der Waals surface area contributed by atoms with Crippen LogP contribution < -0.4 is 0 Å². The van der Waals surface area contributed by atoms with Gasteiger partial charge in [-0.25, -0.2) is 9.69 Å². The molecule has 0 N–H and O–H groups in total. The van der Waals surface area contributed by atoms with E-state index in [0.717, 1.165) is 4.90 Å². The van der Waals surface area contributed by atoms with Crippen LogP contribution in [-0.4, -0.2) is 23.9 Å². The van der Waals surface area contributed by atoms with Crippen LogP contribution in [0.4, 0.5) is 4.79 Å². The zero-order valence-corrected chi connectivity index (χ0v) is 8.69. The number of carbonyl (C=O) groups is 2. The lowest BCUT2D eigenvalue weighted by molar-refractivity contribution is -0.129. The molecule has 0 unspecified atom stereocenters. The molecule has 0 aromatic heterocycles. The van der Waals surface area contributed by atoms with Crippen LogP contribution in [-0.2, 0) is 9.53 Å². The Bertz CT molecular complexity index is 415. The van der Waals surface area contributed by atoms with Gasteiger partial charge in [0, 0.05) is 17.6 Å². The molecule has 78 valence electrons. The monoisotopic (exact) mass is 225 g/mol. The highest BCUT2D eigenvalue weighted by molar-refractivity contribution is 6.30. The largest absolute Gasteiger partial charge is 0.431 e. The molecule has 15 heavy (non-hydrogen) atoms. The van der Waals surface area contributed by atoms with E-state index in [0.29, 0.717) is 10.6 Å². The fourth-order valence-corrected chi connectivity index (χ4v) is 1.47. The zero-order chi connectivity index (χ0) is 11.0. The highest BCUT2D eigenvalue weighted by Crippen LogP contribution is 2.27. The van der Waals surface area contributed by atoms with Crippen molar-refractivity contribution < 1.29 is 14.3 Å². The van der Waals surface area contributed by atoms with Gasteiger partial charge >= 0.3 is 6.09 Å². The normalized spacial score (nSPS) is 20.7. The molecule has 1 atom stereocenters. The van der Waals surface area contributed by atoms with Crippen molar-refractivity contribution in [2.45, 2.75) is 6.10 Å². The van der Waals surface area contributed by atoms with Crippen molar-refractivity contribution >= 4 is 23.6 Å². The van der Waals surface area contributed by atoms with Gasteiger partial charge in [-0.1, -0.05) is 23.7 Å². The summed E-state index contributed by atoms with van der Waals surface area (Å²) in [6, 6.07) is 6.63. The van der Waals surface area contributed by atoms with Crippen molar-refractivity contribution in [2.75, 3.05) is 7.05 Å². The Morgan fingerprint density at radius 2 is 1.87 bits per heavy atom. The fraction of sp³-hybridized carbons (Fsp3) is 0.200. The summed E-state index contributed by atoms with van der Waals surface area (Å²) in [6.07, 6.45) is -1.46. The molecule has 1 saturated heterocycles. The number of hydrogen-bond acceptors (Lipinski definition) is 3. The first-order chi connectivity index (χ1) is 7.09. The second-order valence-electron chi connectivity index (χ2n) is 3.21. The first-order valence-corrected chi connectivity index (χ1v) is 4.71. The average molecular weight is 226 g/mol. The smallest absolute Gasteiger partial charge is 0.417 e. The lowest BCUT2D eigenvalue weighted by Crippen LogP contribution is -2.24. The van der Waals surface area contributed by atoms with Gasteiger partial charge in [-0.3, -0.25) is 4.79 Å². The molecular weight excluding hydrogens is 218 g/mol. The number of likely N-dealkylation sites (N-methyl/N-ethyl adjacent to an activating group) is 1. The predicted octanol–water partition coefficient (Wildman–Crippen LogP) is 1.99. The average Bonchev–Trinajstić information content (AvgIpc) is 2.47. The molecule has 0 saturated carbocycles. The van der Waals surface area contributed by atoms with Crippen LogP contribution in [0.25, 0.3) is 0 Å². The van der Waals surface area contributed by atoms with Gasteiger partial charge in [0.1, 0.15) is 0 Å². The number of carbonyl (C=O) groups excluding carboxylic acids is 2. The van der Waals surface area contributed by atoms with Crippen molar-refractivity contribution in [1.29, 1.82) is 0 Å². The molecular formula is C10H8ClNO3. The van der Waals surface area contributed by atoms with E-state index in [1.807, 2.05) is 0 Å². The van der Waals surface area contributed by atoms with E-state index >= 15 is 0 Å². The van der Waals surface area contributed by atoms with Gasteiger partial charge < -0.3 is 4.74 Å².